The molecular formula is C49H29N9. The van der Waals surface area contributed by atoms with E-state index in [0.29, 0.717) is 17.5 Å². The highest BCUT2D eigenvalue weighted by Gasteiger charge is 2.19. The van der Waals surface area contributed by atoms with Crippen molar-refractivity contribution in [1.82, 2.24) is 44.9 Å². The number of hydrogen-bond acceptors (Lipinski definition) is 9. The first kappa shape index (κ1) is 33.2. The molecule has 0 radical (unpaired) electrons. The summed E-state index contributed by atoms with van der Waals surface area (Å²) in [6.45, 7) is 0. The molecule has 0 amide bonds. The van der Waals surface area contributed by atoms with E-state index < -0.39 is 0 Å². The number of aromatic nitrogens is 9. The van der Waals surface area contributed by atoms with Crippen LogP contribution in [0.2, 0.25) is 0 Å². The number of hydrogen-bond donors (Lipinski definition) is 0. The van der Waals surface area contributed by atoms with Crippen LogP contribution in [0.15, 0.2) is 177 Å². The molecule has 5 aromatic carbocycles. The van der Waals surface area contributed by atoms with Gasteiger partial charge in [0.25, 0.3) is 0 Å². The molecule has 0 saturated carbocycles. The summed E-state index contributed by atoms with van der Waals surface area (Å²) >= 11 is 0. The molecule has 9 heteroatoms. The van der Waals surface area contributed by atoms with Crippen LogP contribution in [0.25, 0.3) is 111 Å². The number of rotatable bonds is 6. The lowest BCUT2D eigenvalue weighted by Gasteiger charge is -2.16. The van der Waals surface area contributed by atoms with Gasteiger partial charge in [-0.2, -0.15) is 0 Å². The number of pyridine rings is 4. The molecule has 11 aromatic rings. The first-order valence-electron chi connectivity index (χ1n) is 18.8. The van der Waals surface area contributed by atoms with Gasteiger partial charge >= 0.3 is 0 Å². The topological polar surface area (TPSA) is 116 Å². The van der Waals surface area contributed by atoms with Gasteiger partial charge in [-0.05, 0) is 82.4 Å². The van der Waals surface area contributed by atoms with Crippen molar-refractivity contribution in [2.75, 3.05) is 0 Å². The molecule has 0 fully saturated rings. The second-order valence-electron chi connectivity index (χ2n) is 14.0. The summed E-state index contributed by atoms with van der Waals surface area (Å²) in [5.41, 5.74) is 11.9. The molecule has 0 aliphatic carbocycles. The van der Waals surface area contributed by atoms with Crippen molar-refractivity contribution in [3.05, 3.63) is 177 Å². The molecule has 0 N–H and O–H groups in total. The molecule has 0 aliphatic heterocycles. The Morgan fingerprint density at radius 2 is 0.759 bits per heavy atom. The maximum absolute atomic E-state index is 5.20. The van der Waals surface area contributed by atoms with E-state index in [-0.39, 0.29) is 0 Å². The molecule has 0 spiro atoms. The summed E-state index contributed by atoms with van der Waals surface area (Å²) in [6, 6.07) is 45.4. The molecule has 0 bridgehead atoms. The standard InChI is InChI=1S/C49H29N9/c1-2-8-31(9-3-1)47-56-48(32-16-14-30(15-17-32)38-27-50-29-51-28-38)58-49(57-47)37-23-35(41-25-33-10-4-18-52-43(33)45-39(41)12-6-20-54-45)22-36(24-37)42-26-34-11-5-19-53-44(34)46-40(42)13-7-21-55-46/h1-29H. The molecule has 0 aliphatic rings. The molecule has 6 heterocycles. The first-order valence-corrected chi connectivity index (χ1v) is 18.8. The molecule has 11 rings (SSSR count). The summed E-state index contributed by atoms with van der Waals surface area (Å²) in [6.07, 6.45) is 12.4. The lowest BCUT2D eigenvalue weighted by molar-refractivity contribution is 1.07. The second kappa shape index (κ2) is 13.8. The highest BCUT2D eigenvalue weighted by atomic mass is 15.0. The highest BCUT2D eigenvalue weighted by Crippen LogP contribution is 2.40. The van der Waals surface area contributed by atoms with Crippen LogP contribution in [-0.2, 0) is 0 Å². The number of benzene rings is 5. The quantitative estimate of drug-likeness (QED) is 0.153. The van der Waals surface area contributed by atoms with Gasteiger partial charge in [-0.3, -0.25) is 19.9 Å². The van der Waals surface area contributed by atoms with Crippen LogP contribution in [0.4, 0.5) is 0 Å². The van der Waals surface area contributed by atoms with E-state index >= 15 is 0 Å². The lowest BCUT2D eigenvalue weighted by Crippen LogP contribution is -2.01. The fraction of sp³-hybridized carbons (Fsp3) is 0. The number of nitrogens with zero attached hydrogens (tertiary/aromatic N) is 9. The maximum Gasteiger partial charge on any atom is 0.164 e. The molecule has 0 atom stereocenters. The summed E-state index contributed by atoms with van der Waals surface area (Å²) < 4.78 is 0. The minimum absolute atomic E-state index is 0.544. The van der Waals surface area contributed by atoms with Crippen LogP contribution >= 0.6 is 0 Å². The lowest BCUT2D eigenvalue weighted by atomic mass is 9.91. The van der Waals surface area contributed by atoms with Crippen LogP contribution in [0.3, 0.4) is 0 Å². The molecule has 0 unspecified atom stereocenters. The molecule has 9 nitrogen and oxygen atoms in total. The highest BCUT2D eigenvalue weighted by molar-refractivity contribution is 6.12. The van der Waals surface area contributed by atoms with E-state index in [0.717, 1.165) is 93.7 Å². The van der Waals surface area contributed by atoms with Crippen molar-refractivity contribution in [2.24, 2.45) is 0 Å². The van der Waals surface area contributed by atoms with Gasteiger partial charge in [-0.1, -0.05) is 78.9 Å². The molecule has 270 valence electrons. The fourth-order valence-corrected chi connectivity index (χ4v) is 7.71. The molecule has 58 heavy (non-hydrogen) atoms. The largest absolute Gasteiger partial charge is 0.254 e. The molecule has 6 aromatic heterocycles. The maximum atomic E-state index is 5.20. The third-order valence-corrected chi connectivity index (χ3v) is 10.4. The Bertz CT molecular complexity index is 3200. The average Bonchev–Trinajstić information content (AvgIpc) is 3.31. The van der Waals surface area contributed by atoms with Gasteiger partial charge in [0.1, 0.15) is 6.33 Å². The van der Waals surface area contributed by atoms with E-state index in [1.165, 1.54) is 6.33 Å². The Kier molecular flexibility index (Phi) is 7.92. The second-order valence-corrected chi connectivity index (χ2v) is 14.0. The summed E-state index contributed by atoms with van der Waals surface area (Å²) in [4.78, 5) is 42.9. The summed E-state index contributed by atoms with van der Waals surface area (Å²) in [5.74, 6) is 1.68. The van der Waals surface area contributed by atoms with E-state index in [1.807, 2.05) is 104 Å². The summed E-state index contributed by atoms with van der Waals surface area (Å²) in [7, 11) is 0. The third kappa shape index (κ3) is 5.86. The Morgan fingerprint density at radius 3 is 1.31 bits per heavy atom. The predicted octanol–water partition coefficient (Wildman–Crippen LogP) is 10.9. The van der Waals surface area contributed by atoms with E-state index in [4.69, 9.17) is 34.9 Å². The molecule has 0 saturated heterocycles. The van der Waals surface area contributed by atoms with Crippen LogP contribution in [-0.4, -0.2) is 44.9 Å². The van der Waals surface area contributed by atoms with Crippen molar-refractivity contribution in [3.63, 3.8) is 0 Å². The van der Waals surface area contributed by atoms with Crippen LogP contribution in [0.1, 0.15) is 0 Å². The van der Waals surface area contributed by atoms with Gasteiger partial charge in [0, 0.05) is 81.0 Å². The fourth-order valence-electron chi connectivity index (χ4n) is 7.71. The van der Waals surface area contributed by atoms with Gasteiger partial charge in [0.05, 0.1) is 22.1 Å². The number of fused-ring (bicyclic) bond motifs is 6. The van der Waals surface area contributed by atoms with Crippen LogP contribution in [0.5, 0.6) is 0 Å². The zero-order valence-electron chi connectivity index (χ0n) is 30.8. The normalized spacial score (nSPS) is 11.4. The van der Waals surface area contributed by atoms with Gasteiger partial charge in [-0.25, -0.2) is 24.9 Å². The zero-order chi connectivity index (χ0) is 38.4. The van der Waals surface area contributed by atoms with Crippen molar-refractivity contribution in [1.29, 1.82) is 0 Å². The van der Waals surface area contributed by atoms with Crippen LogP contribution < -0.4 is 0 Å². The average molecular weight is 744 g/mol. The minimum atomic E-state index is 0.544. The van der Waals surface area contributed by atoms with Gasteiger partial charge in [-0.15, -0.1) is 0 Å². The first-order chi connectivity index (χ1) is 28.7. The monoisotopic (exact) mass is 743 g/mol. The van der Waals surface area contributed by atoms with Gasteiger partial charge in [0.15, 0.2) is 17.5 Å². The Morgan fingerprint density at radius 1 is 0.310 bits per heavy atom. The third-order valence-electron chi connectivity index (χ3n) is 10.4. The van der Waals surface area contributed by atoms with E-state index in [2.05, 4.69) is 64.6 Å². The predicted molar refractivity (Wildman–Crippen MR) is 229 cm³/mol. The Balaban J connectivity index is 1.18. The van der Waals surface area contributed by atoms with E-state index in [9.17, 15) is 0 Å². The molecular weight excluding hydrogens is 715 g/mol. The van der Waals surface area contributed by atoms with Gasteiger partial charge in [0.2, 0.25) is 0 Å². The van der Waals surface area contributed by atoms with E-state index in [1.54, 1.807) is 12.4 Å². The zero-order valence-corrected chi connectivity index (χ0v) is 30.8. The summed E-state index contributed by atoms with van der Waals surface area (Å²) in [5, 5.41) is 4.00. The Hall–Kier alpha value is -8.17. The van der Waals surface area contributed by atoms with Crippen molar-refractivity contribution in [2.45, 2.75) is 0 Å². The van der Waals surface area contributed by atoms with Crippen LogP contribution in [0, 0.1) is 0 Å². The van der Waals surface area contributed by atoms with Crippen molar-refractivity contribution < 1.29 is 0 Å². The minimum Gasteiger partial charge on any atom is -0.254 e. The Labute approximate surface area is 331 Å². The smallest absolute Gasteiger partial charge is 0.164 e. The van der Waals surface area contributed by atoms with Crippen molar-refractivity contribution in [3.8, 4) is 67.5 Å². The van der Waals surface area contributed by atoms with Crippen molar-refractivity contribution >= 4 is 43.6 Å². The van der Waals surface area contributed by atoms with Gasteiger partial charge < -0.3 is 0 Å². The SMILES string of the molecule is c1ccc(-c2nc(-c3ccc(-c4cncnc4)cc3)nc(-c3cc(-c4cc5cccnc5c5ncccc45)cc(-c4cc5cccnc5c5ncccc45)c3)n2)cc1.